The molecule has 0 bridgehead atoms. The first-order valence-electron chi connectivity index (χ1n) is 6.91. The van der Waals surface area contributed by atoms with Crippen LogP contribution in [0.5, 0.6) is 5.75 Å². The van der Waals surface area contributed by atoms with Crippen LogP contribution in [0, 0.1) is 6.92 Å². The van der Waals surface area contributed by atoms with Crippen LogP contribution in [0.25, 0.3) is 0 Å². The van der Waals surface area contributed by atoms with Gasteiger partial charge in [0.2, 0.25) is 0 Å². The van der Waals surface area contributed by atoms with Crippen LogP contribution in [-0.4, -0.2) is 30.2 Å². The van der Waals surface area contributed by atoms with E-state index >= 15 is 0 Å². The largest absolute Gasteiger partial charge is 0.508 e. The van der Waals surface area contributed by atoms with Gasteiger partial charge in [-0.3, -0.25) is 4.99 Å². The summed E-state index contributed by atoms with van der Waals surface area (Å²) in [6.45, 7) is 3.30. The Bertz CT molecular complexity index is 689. The van der Waals surface area contributed by atoms with Gasteiger partial charge in [0.05, 0.1) is 13.1 Å². The summed E-state index contributed by atoms with van der Waals surface area (Å²) < 4.78 is 0. The number of aliphatic imine (C=N–C) groups is 2. The topological polar surface area (TPSA) is 48.2 Å². The molecule has 1 aliphatic heterocycles. The molecule has 0 unspecified atom stereocenters. The number of benzene rings is 2. The van der Waals surface area contributed by atoms with Gasteiger partial charge < -0.3 is 10.0 Å². The molecule has 4 nitrogen and oxygen atoms in total. The SMILES string of the molecule is Cc1ccc(N(CC2=NCC=N2)c2cccc(O)c2)cc1. The van der Waals surface area contributed by atoms with Crippen molar-refractivity contribution in [2.45, 2.75) is 6.92 Å². The van der Waals surface area contributed by atoms with Gasteiger partial charge in [0.15, 0.2) is 0 Å². The second kappa shape index (κ2) is 5.79. The van der Waals surface area contributed by atoms with Crippen LogP contribution in [0.15, 0.2) is 58.5 Å². The molecule has 1 heterocycles. The number of phenols is 1. The van der Waals surface area contributed by atoms with Crippen molar-refractivity contribution in [3.63, 3.8) is 0 Å². The normalized spacial score (nSPS) is 13.3. The fraction of sp³-hybridized carbons (Fsp3) is 0.176. The van der Waals surface area contributed by atoms with Gasteiger partial charge in [0, 0.05) is 23.7 Å². The van der Waals surface area contributed by atoms with Crippen molar-refractivity contribution in [2.75, 3.05) is 18.0 Å². The molecule has 0 radical (unpaired) electrons. The lowest BCUT2D eigenvalue weighted by Gasteiger charge is -2.24. The average Bonchev–Trinajstić information content (AvgIpc) is 2.99. The maximum absolute atomic E-state index is 9.73. The maximum Gasteiger partial charge on any atom is 0.143 e. The standard InChI is InChI=1S/C17H17N3O/c1-13-5-7-14(8-6-13)20(12-17-18-9-10-19-17)15-3-2-4-16(21)11-15/h2-9,11,21H,10,12H2,1H3. The molecule has 3 rings (SSSR count). The Morgan fingerprint density at radius 1 is 1.10 bits per heavy atom. The molecule has 2 aromatic rings. The number of hydrogen-bond acceptors (Lipinski definition) is 4. The molecule has 0 saturated carbocycles. The highest BCUT2D eigenvalue weighted by Gasteiger charge is 2.13. The molecule has 0 amide bonds. The van der Waals surface area contributed by atoms with E-state index in [2.05, 4.69) is 46.1 Å². The molecule has 0 aliphatic carbocycles. The first kappa shape index (κ1) is 13.4. The minimum absolute atomic E-state index is 0.251. The molecule has 1 aliphatic rings. The molecule has 4 heteroatoms. The summed E-state index contributed by atoms with van der Waals surface area (Å²) in [7, 11) is 0. The van der Waals surface area contributed by atoms with E-state index in [-0.39, 0.29) is 5.75 Å². The van der Waals surface area contributed by atoms with E-state index in [0.29, 0.717) is 13.1 Å². The fourth-order valence-electron chi connectivity index (χ4n) is 2.28. The third-order valence-corrected chi connectivity index (χ3v) is 3.38. The van der Waals surface area contributed by atoms with Crippen molar-refractivity contribution in [2.24, 2.45) is 9.98 Å². The smallest absolute Gasteiger partial charge is 0.143 e. The summed E-state index contributed by atoms with van der Waals surface area (Å²) in [5.41, 5.74) is 3.19. The molecule has 0 aromatic heterocycles. The van der Waals surface area contributed by atoms with Crippen LogP contribution >= 0.6 is 0 Å². The predicted molar refractivity (Wildman–Crippen MR) is 87.1 cm³/mol. The van der Waals surface area contributed by atoms with Crippen molar-refractivity contribution in [1.29, 1.82) is 0 Å². The van der Waals surface area contributed by atoms with E-state index in [4.69, 9.17) is 0 Å². The van der Waals surface area contributed by atoms with E-state index in [9.17, 15) is 5.11 Å². The minimum atomic E-state index is 0.251. The Morgan fingerprint density at radius 3 is 2.57 bits per heavy atom. The van der Waals surface area contributed by atoms with E-state index in [1.807, 2.05) is 18.3 Å². The van der Waals surface area contributed by atoms with Crippen LogP contribution in [-0.2, 0) is 0 Å². The second-order valence-electron chi connectivity index (χ2n) is 5.01. The van der Waals surface area contributed by atoms with Crippen LogP contribution in [0.4, 0.5) is 11.4 Å². The summed E-state index contributed by atoms with van der Waals surface area (Å²) >= 11 is 0. The summed E-state index contributed by atoms with van der Waals surface area (Å²) in [6, 6.07) is 15.5. The number of nitrogens with zero attached hydrogens (tertiary/aromatic N) is 3. The zero-order chi connectivity index (χ0) is 14.7. The number of amidine groups is 1. The zero-order valence-corrected chi connectivity index (χ0v) is 11.9. The van der Waals surface area contributed by atoms with Crippen LogP contribution < -0.4 is 4.90 Å². The van der Waals surface area contributed by atoms with Gasteiger partial charge in [-0.05, 0) is 31.2 Å². The van der Waals surface area contributed by atoms with Crippen molar-refractivity contribution >= 4 is 23.4 Å². The third kappa shape index (κ3) is 3.11. The summed E-state index contributed by atoms with van der Waals surface area (Å²) in [5, 5.41) is 9.73. The number of anilines is 2. The lowest BCUT2D eigenvalue weighted by molar-refractivity contribution is 0.475. The molecule has 1 N–H and O–H groups in total. The van der Waals surface area contributed by atoms with E-state index in [0.717, 1.165) is 17.2 Å². The number of aryl methyl sites for hydroxylation is 1. The Kier molecular flexibility index (Phi) is 3.69. The molecule has 0 atom stereocenters. The average molecular weight is 279 g/mol. The van der Waals surface area contributed by atoms with E-state index < -0.39 is 0 Å². The number of phenolic OH excluding ortho intramolecular Hbond substituents is 1. The third-order valence-electron chi connectivity index (χ3n) is 3.38. The maximum atomic E-state index is 9.73. The summed E-state index contributed by atoms with van der Waals surface area (Å²) in [5.74, 6) is 1.06. The van der Waals surface area contributed by atoms with E-state index in [1.165, 1.54) is 5.56 Å². The van der Waals surface area contributed by atoms with Crippen LogP contribution in [0.1, 0.15) is 5.56 Å². The fourth-order valence-corrected chi connectivity index (χ4v) is 2.28. The van der Waals surface area contributed by atoms with Gasteiger partial charge in [-0.1, -0.05) is 23.8 Å². The molecule has 21 heavy (non-hydrogen) atoms. The highest BCUT2D eigenvalue weighted by molar-refractivity contribution is 5.98. The number of aromatic hydroxyl groups is 1. The molecule has 0 saturated heterocycles. The monoisotopic (exact) mass is 279 g/mol. The van der Waals surface area contributed by atoms with Gasteiger partial charge in [0.1, 0.15) is 11.6 Å². The number of hydrogen-bond donors (Lipinski definition) is 1. The van der Waals surface area contributed by atoms with E-state index in [1.54, 1.807) is 12.1 Å². The highest BCUT2D eigenvalue weighted by Crippen LogP contribution is 2.28. The first-order chi connectivity index (χ1) is 10.2. The second-order valence-corrected chi connectivity index (χ2v) is 5.01. The molecule has 0 spiro atoms. The van der Waals surface area contributed by atoms with Crippen molar-refractivity contribution in [3.05, 3.63) is 54.1 Å². The Hall–Kier alpha value is -2.62. The van der Waals surface area contributed by atoms with Gasteiger partial charge in [-0.15, -0.1) is 0 Å². The summed E-state index contributed by atoms with van der Waals surface area (Å²) in [4.78, 5) is 10.7. The summed E-state index contributed by atoms with van der Waals surface area (Å²) in [6.07, 6.45) is 1.81. The minimum Gasteiger partial charge on any atom is -0.508 e. The van der Waals surface area contributed by atoms with Crippen LogP contribution in [0.3, 0.4) is 0 Å². The van der Waals surface area contributed by atoms with Gasteiger partial charge >= 0.3 is 0 Å². The van der Waals surface area contributed by atoms with Crippen molar-refractivity contribution in [1.82, 2.24) is 0 Å². The van der Waals surface area contributed by atoms with Gasteiger partial charge in [-0.2, -0.15) is 0 Å². The highest BCUT2D eigenvalue weighted by atomic mass is 16.3. The molecular weight excluding hydrogens is 262 g/mol. The van der Waals surface area contributed by atoms with Crippen molar-refractivity contribution in [3.8, 4) is 5.75 Å². The predicted octanol–water partition coefficient (Wildman–Crippen LogP) is 3.32. The Labute approximate surface area is 124 Å². The van der Waals surface area contributed by atoms with Crippen molar-refractivity contribution < 1.29 is 5.11 Å². The van der Waals surface area contributed by atoms with Crippen LogP contribution in [0.2, 0.25) is 0 Å². The molecule has 0 fully saturated rings. The first-order valence-corrected chi connectivity index (χ1v) is 6.91. The molecule has 106 valence electrons. The zero-order valence-electron chi connectivity index (χ0n) is 11.9. The quantitative estimate of drug-likeness (QED) is 0.933. The Balaban J connectivity index is 1.97. The lowest BCUT2D eigenvalue weighted by atomic mass is 10.2. The molecule has 2 aromatic carbocycles. The Morgan fingerprint density at radius 2 is 1.90 bits per heavy atom. The molecular formula is C17H17N3O. The number of rotatable bonds is 4. The van der Waals surface area contributed by atoms with Gasteiger partial charge in [-0.25, -0.2) is 4.99 Å². The van der Waals surface area contributed by atoms with Gasteiger partial charge in [0.25, 0.3) is 0 Å². The lowest BCUT2D eigenvalue weighted by Crippen LogP contribution is -2.23.